The number of rotatable bonds is 3. The van der Waals surface area contributed by atoms with Gasteiger partial charge in [-0.25, -0.2) is 4.98 Å². The van der Waals surface area contributed by atoms with E-state index in [1.165, 1.54) is 0 Å². The van der Waals surface area contributed by atoms with Crippen LogP contribution >= 0.6 is 0 Å². The molecule has 5 rings (SSSR count). The molecular weight excluding hydrogens is 358 g/mol. The van der Waals surface area contributed by atoms with E-state index in [0.29, 0.717) is 5.56 Å². The van der Waals surface area contributed by atoms with Crippen molar-refractivity contribution in [2.45, 2.75) is 0 Å². The lowest BCUT2D eigenvalue weighted by Crippen LogP contribution is -2.13. The highest BCUT2D eigenvalue weighted by molar-refractivity contribution is 6.15. The highest BCUT2D eigenvalue weighted by Gasteiger charge is 2.15. The number of para-hydroxylation sites is 2. The average Bonchev–Trinajstić information content (AvgIpc) is 2.79. The number of amides is 1. The van der Waals surface area contributed by atoms with Crippen molar-refractivity contribution in [2.24, 2.45) is 0 Å². The van der Waals surface area contributed by atoms with Crippen LogP contribution in [0.2, 0.25) is 0 Å². The largest absolute Gasteiger partial charge is 0.321 e. The Hall–Kier alpha value is -4.05. The van der Waals surface area contributed by atoms with Gasteiger partial charge in [-0.15, -0.1) is 0 Å². The van der Waals surface area contributed by atoms with Crippen LogP contribution in [0.5, 0.6) is 0 Å². The molecule has 0 unspecified atom stereocenters. The Balaban J connectivity index is 1.62. The van der Waals surface area contributed by atoms with Gasteiger partial charge < -0.3 is 5.32 Å². The summed E-state index contributed by atoms with van der Waals surface area (Å²) in [6.45, 7) is 0. The van der Waals surface area contributed by atoms with Gasteiger partial charge in [0.05, 0.1) is 28.0 Å². The van der Waals surface area contributed by atoms with E-state index >= 15 is 0 Å². The summed E-state index contributed by atoms with van der Waals surface area (Å²) in [6, 6.07) is 29.0. The summed E-state index contributed by atoms with van der Waals surface area (Å²) in [5, 5.41) is 4.79. The van der Waals surface area contributed by atoms with Gasteiger partial charge in [-0.3, -0.25) is 9.78 Å². The lowest BCUT2D eigenvalue weighted by molar-refractivity contribution is 0.102. The minimum absolute atomic E-state index is 0.169. The first kappa shape index (κ1) is 17.1. The Kier molecular flexibility index (Phi) is 4.22. The number of benzene rings is 3. The lowest BCUT2D eigenvalue weighted by Gasteiger charge is -2.12. The lowest BCUT2D eigenvalue weighted by atomic mass is 10.0. The zero-order valence-electron chi connectivity index (χ0n) is 15.5. The molecule has 1 amide bonds. The highest BCUT2D eigenvalue weighted by Crippen LogP contribution is 2.27. The molecule has 0 saturated heterocycles. The topological polar surface area (TPSA) is 54.9 Å². The first-order chi connectivity index (χ1) is 14.3. The quantitative estimate of drug-likeness (QED) is 0.440. The Labute approximate surface area is 167 Å². The monoisotopic (exact) mass is 375 g/mol. The zero-order chi connectivity index (χ0) is 19.6. The second kappa shape index (κ2) is 7.17. The van der Waals surface area contributed by atoms with Gasteiger partial charge in [0.2, 0.25) is 0 Å². The fraction of sp³-hybridized carbons (Fsp3) is 0. The van der Waals surface area contributed by atoms with Crippen LogP contribution in [0.4, 0.5) is 5.69 Å². The van der Waals surface area contributed by atoms with Crippen molar-refractivity contribution in [3.8, 4) is 11.3 Å². The van der Waals surface area contributed by atoms with Gasteiger partial charge >= 0.3 is 0 Å². The smallest absolute Gasteiger partial charge is 0.256 e. The van der Waals surface area contributed by atoms with E-state index in [2.05, 4.69) is 10.3 Å². The number of aromatic nitrogens is 2. The van der Waals surface area contributed by atoms with E-state index in [4.69, 9.17) is 4.98 Å². The van der Waals surface area contributed by atoms with Crippen LogP contribution in [0, 0.1) is 0 Å². The molecule has 2 aromatic heterocycles. The predicted octanol–water partition coefficient (Wildman–Crippen LogP) is 5.70. The molecule has 0 spiro atoms. The minimum atomic E-state index is -0.169. The molecule has 5 aromatic rings. The van der Waals surface area contributed by atoms with Crippen LogP contribution in [-0.2, 0) is 0 Å². The van der Waals surface area contributed by atoms with Crippen LogP contribution in [0.1, 0.15) is 10.4 Å². The first-order valence-corrected chi connectivity index (χ1v) is 9.40. The van der Waals surface area contributed by atoms with Crippen molar-refractivity contribution in [2.75, 3.05) is 5.32 Å². The summed E-state index contributed by atoms with van der Waals surface area (Å²) in [4.78, 5) is 22.4. The number of carbonyl (C=O) groups excluding carboxylic acids is 1. The molecule has 2 heterocycles. The van der Waals surface area contributed by atoms with E-state index in [1.807, 2.05) is 91.0 Å². The van der Waals surface area contributed by atoms with Crippen molar-refractivity contribution < 1.29 is 4.79 Å². The Morgan fingerprint density at radius 1 is 0.724 bits per heavy atom. The van der Waals surface area contributed by atoms with Crippen molar-refractivity contribution >= 4 is 33.4 Å². The molecule has 0 aliphatic heterocycles. The van der Waals surface area contributed by atoms with Gasteiger partial charge in [-0.2, -0.15) is 0 Å². The molecule has 0 bridgehead atoms. The van der Waals surface area contributed by atoms with Crippen LogP contribution in [-0.4, -0.2) is 15.9 Å². The molecule has 0 aliphatic rings. The summed E-state index contributed by atoms with van der Waals surface area (Å²) in [7, 11) is 0. The maximum atomic E-state index is 13.3. The minimum Gasteiger partial charge on any atom is -0.321 e. The number of anilines is 1. The molecule has 138 valence electrons. The molecular formula is C25H17N3O. The molecule has 3 aromatic carbocycles. The molecule has 1 N–H and O–H groups in total. The molecule has 4 heteroatoms. The maximum absolute atomic E-state index is 13.3. The van der Waals surface area contributed by atoms with Gasteiger partial charge in [0.1, 0.15) is 0 Å². The predicted molar refractivity (Wildman–Crippen MR) is 117 cm³/mol. The van der Waals surface area contributed by atoms with Crippen LogP contribution in [0.15, 0.2) is 97.2 Å². The van der Waals surface area contributed by atoms with Crippen molar-refractivity contribution in [3.63, 3.8) is 0 Å². The fourth-order valence-corrected chi connectivity index (χ4v) is 3.51. The second-order valence-electron chi connectivity index (χ2n) is 6.77. The second-order valence-corrected chi connectivity index (χ2v) is 6.77. The van der Waals surface area contributed by atoms with E-state index in [1.54, 1.807) is 6.20 Å². The number of nitrogens with one attached hydrogen (secondary N) is 1. The van der Waals surface area contributed by atoms with E-state index in [9.17, 15) is 4.79 Å². The normalized spacial score (nSPS) is 10.9. The summed E-state index contributed by atoms with van der Waals surface area (Å²) >= 11 is 0. The number of fused-ring (bicyclic) bond motifs is 2. The third kappa shape index (κ3) is 3.21. The van der Waals surface area contributed by atoms with Gasteiger partial charge in [-0.05, 0) is 24.3 Å². The van der Waals surface area contributed by atoms with Crippen LogP contribution in [0.3, 0.4) is 0 Å². The molecule has 0 fully saturated rings. The SMILES string of the molecule is O=C(Nc1ccnc2ccccc12)c1cc(-c2ccccc2)nc2ccccc12. The Morgan fingerprint density at radius 3 is 2.24 bits per heavy atom. The zero-order valence-corrected chi connectivity index (χ0v) is 15.5. The van der Waals surface area contributed by atoms with E-state index < -0.39 is 0 Å². The molecule has 0 aliphatic carbocycles. The first-order valence-electron chi connectivity index (χ1n) is 9.40. The van der Waals surface area contributed by atoms with Crippen molar-refractivity contribution in [1.82, 2.24) is 9.97 Å². The summed E-state index contributed by atoms with van der Waals surface area (Å²) in [5.41, 5.74) is 4.71. The van der Waals surface area contributed by atoms with Gasteiger partial charge in [0, 0.05) is 22.5 Å². The molecule has 29 heavy (non-hydrogen) atoms. The number of hydrogen-bond acceptors (Lipinski definition) is 3. The summed E-state index contributed by atoms with van der Waals surface area (Å²) < 4.78 is 0. The number of nitrogens with zero attached hydrogens (tertiary/aromatic N) is 2. The maximum Gasteiger partial charge on any atom is 0.256 e. The molecule has 4 nitrogen and oxygen atoms in total. The summed E-state index contributed by atoms with van der Waals surface area (Å²) in [5.74, 6) is -0.169. The fourth-order valence-electron chi connectivity index (χ4n) is 3.51. The number of hydrogen-bond donors (Lipinski definition) is 1. The molecule has 0 atom stereocenters. The third-order valence-electron chi connectivity index (χ3n) is 4.93. The van der Waals surface area contributed by atoms with Crippen LogP contribution < -0.4 is 5.32 Å². The standard InChI is InChI=1S/C25H17N3O/c29-25(28-23-14-15-26-21-12-6-5-11-19(21)23)20-16-24(17-8-2-1-3-9-17)27-22-13-7-4-10-18(20)22/h1-16H,(H,26,28,29). The van der Waals surface area contributed by atoms with Gasteiger partial charge in [0.15, 0.2) is 0 Å². The number of pyridine rings is 2. The van der Waals surface area contributed by atoms with Gasteiger partial charge in [-0.1, -0.05) is 66.7 Å². The molecule has 0 saturated carbocycles. The van der Waals surface area contributed by atoms with E-state index in [0.717, 1.165) is 38.8 Å². The van der Waals surface area contributed by atoms with Crippen LogP contribution in [0.25, 0.3) is 33.1 Å². The van der Waals surface area contributed by atoms with Crippen molar-refractivity contribution in [1.29, 1.82) is 0 Å². The summed E-state index contributed by atoms with van der Waals surface area (Å²) in [6.07, 6.45) is 1.71. The highest BCUT2D eigenvalue weighted by atomic mass is 16.1. The van der Waals surface area contributed by atoms with Gasteiger partial charge in [0.25, 0.3) is 5.91 Å². The Morgan fingerprint density at radius 2 is 1.41 bits per heavy atom. The van der Waals surface area contributed by atoms with E-state index in [-0.39, 0.29) is 5.91 Å². The third-order valence-corrected chi connectivity index (χ3v) is 4.93. The average molecular weight is 375 g/mol. The molecule has 0 radical (unpaired) electrons. The Bertz CT molecular complexity index is 1340. The van der Waals surface area contributed by atoms with Crippen molar-refractivity contribution in [3.05, 3.63) is 103 Å². The number of carbonyl (C=O) groups is 1.